The van der Waals surface area contributed by atoms with Gasteiger partial charge in [-0.15, -0.1) is 0 Å². The molecule has 0 unspecified atom stereocenters. The van der Waals surface area contributed by atoms with Gasteiger partial charge in [-0.3, -0.25) is 0 Å². The fraction of sp³-hybridized carbons (Fsp3) is 1.00. The highest BCUT2D eigenvalue weighted by atomic mass is 35.6. The first kappa shape index (κ1) is 22.4. The summed E-state index contributed by atoms with van der Waals surface area (Å²) in [6.07, 6.45) is 13.2. The van der Waals surface area contributed by atoms with Crippen LogP contribution in [0.2, 0.25) is 19.1 Å². The van der Waals surface area contributed by atoms with Crippen LogP contribution in [0.4, 0.5) is 0 Å². The molecule has 0 rings (SSSR count). The van der Waals surface area contributed by atoms with E-state index in [4.69, 9.17) is 20.6 Å². The van der Waals surface area contributed by atoms with E-state index in [2.05, 4.69) is 13.1 Å². The Hall–Kier alpha value is 0.427. The van der Waals surface area contributed by atoms with Crippen molar-refractivity contribution in [3.8, 4) is 0 Å². The topological polar surface area (TPSA) is 18.5 Å². The minimum Gasteiger partial charge on any atom is -0.382 e. The van der Waals surface area contributed by atoms with Crippen molar-refractivity contribution >= 4 is 18.5 Å². The maximum atomic E-state index is 6.32. The van der Waals surface area contributed by atoms with Gasteiger partial charge in [-0.1, -0.05) is 64.5 Å². The van der Waals surface area contributed by atoms with Gasteiger partial charge in [-0.25, -0.2) is 0 Å². The summed E-state index contributed by atoms with van der Waals surface area (Å²) in [4.78, 5) is 0. The predicted molar refractivity (Wildman–Crippen MR) is 102 cm³/mol. The Kier molecular flexibility index (Phi) is 16.6. The van der Waals surface area contributed by atoms with Gasteiger partial charge in [0, 0.05) is 26.4 Å². The van der Waals surface area contributed by atoms with Gasteiger partial charge in [0.1, 0.15) is 7.38 Å². The molecular weight excluding hydrogens is 312 g/mol. The van der Waals surface area contributed by atoms with Crippen LogP contribution < -0.4 is 0 Å². The van der Waals surface area contributed by atoms with Gasteiger partial charge in [-0.05, 0) is 25.8 Å². The van der Waals surface area contributed by atoms with Crippen LogP contribution in [-0.2, 0) is 9.47 Å². The van der Waals surface area contributed by atoms with Gasteiger partial charge in [0.25, 0.3) is 0 Å². The van der Waals surface area contributed by atoms with Crippen LogP contribution in [0.25, 0.3) is 0 Å². The standard InChI is InChI=1S/C18H39ClO2Si/c1-4-20-16-14-17-21-15-12-10-8-6-5-7-9-11-13-18-22(2,3)19/h4-18H2,1-3H3. The van der Waals surface area contributed by atoms with Crippen molar-refractivity contribution in [2.75, 3.05) is 26.4 Å². The highest BCUT2D eigenvalue weighted by molar-refractivity contribution is 7.19. The average molecular weight is 351 g/mol. The smallest absolute Gasteiger partial charge is 0.150 e. The van der Waals surface area contributed by atoms with Crippen molar-refractivity contribution in [1.82, 2.24) is 0 Å². The fourth-order valence-electron chi connectivity index (χ4n) is 2.50. The number of hydrogen-bond acceptors (Lipinski definition) is 2. The van der Waals surface area contributed by atoms with Crippen LogP contribution >= 0.6 is 11.1 Å². The van der Waals surface area contributed by atoms with Crippen molar-refractivity contribution in [2.45, 2.75) is 90.3 Å². The van der Waals surface area contributed by atoms with Crippen molar-refractivity contribution < 1.29 is 9.47 Å². The Bertz CT molecular complexity index is 220. The molecule has 0 amide bonds. The molecule has 0 N–H and O–H groups in total. The molecule has 4 heteroatoms. The summed E-state index contributed by atoms with van der Waals surface area (Å²) >= 11 is 6.32. The number of unbranched alkanes of at least 4 members (excludes halogenated alkanes) is 8. The lowest BCUT2D eigenvalue weighted by atomic mass is 10.1. The normalized spacial score (nSPS) is 12.0. The predicted octanol–water partition coefficient (Wildman–Crippen LogP) is 6.38. The van der Waals surface area contributed by atoms with Crippen molar-refractivity contribution in [3.05, 3.63) is 0 Å². The van der Waals surface area contributed by atoms with E-state index >= 15 is 0 Å². The van der Waals surface area contributed by atoms with E-state index in [1.54, 1.807) is 0 Å². The molecule has 0 saturated carbocycles. The molecule has 0 aromatic heterocycles. The molecule has 0 radical (unpaired) electrons. The lowest BCUT2D eigenvalue weighted by Gasteiger charge is -2.11. The minimum atomic E-state index is -1.31. The maximum absolute atomic E-state index is 6.32. The zero-order valence-corrected chi connectivity index (χ0v) is 17.1. The second-order valence-corrected chi connectivity index (χ2v) is 13.8. The minimum absolute atomic E-state index is 0.812. The fourth-order valence-corrected chi connectivity index (χ4v) is 3.99. The van der Waals surface area contributed by atoms with E-state index in [1.165, 1.54) is 63.8 Å². The van der Waals surface area contributed by atoms with Crippen LogP contribution in [0.1, 0.15) is 71.1 Å². The molecule has 0 bridgehead atoms. The van der Waals surface area contributed by atoms with Crippen molar-refractivity contribution in [3.63, 3.8) is 0 Å². The molecule has 0 spiro atoms. The Labute approximate surface area is 145 Å². The number of rotatable bonds is 17. The van der Waals surface area contributed by atoms with E-state index in [0.717, 1.165) is 32.8 Å². The van der Waals surface area contributed by atoms with Gasteiger partial charge in [0.2, 0.25) is 0 Å². The summed E-state index contributed by atoms with van der Waals surface area (Å²) in [5.41, 5.74) is 0. The zero-order chi connectivity index (χ0) is 16.5. The maximum Gasteiger partial charge on any atom is 0.150 e. The zero-order valence-electron chi connectivity index (χ0n) is 15.3. The van der Waals surface area contributed by atoms with E-state index in [-0.39, 0.29) is 0 Å². The third kappa shape index (κ3) is 20.4. The summed E-state index contributed by atoms with van der Waals surface area (Å²) in [5, 5.41) is 0. The molecule has 134 valence electrons. The summed E-state index contributed by atoms with van der Waals surface area (Å²) in [6.45, 7) is 9.94. The van der Waals surface area contributed by atoms with Gasteiger partial charge >= 0.3 is 0 Å². The van der Waals surface area contributed by atoms with E-state index in [1.807, 2.05) is 6.92 Å². The quantitative estimate of drug-likeness (QED) is 0.172. The first-order chi connectivity index (χ1) is 10.6. The second-order valence-electron chi connectivity index (χ2n) is 6.81. The lowest BCUT2D eigenvalue weighted by molar-refractivity contribution is 0.0860. The first-order valence-corrected chi connectivity index (χ1v) is 13.6. The SMILES string of the molecule is CCOCCCOCCCCCCCCCCC[Si](C)(C)Cl. The summed E-state index contributed by atoms with van der Waals surface area (Å²) in [5.74, 6) is 0. The monoisotopic (exact) mass is 350 g/mol. The molecule has 0 aliphatic rings. The Balaban J connectivity index is 3.00. The van der Waals surface area contributed by atoms with Crippen LogP contribution in [0.15, 0.2) is 0 Å². The Morgan fingerprint density at radius 2 is 1.09 bits per heavy atom. The summed E-state index contributed by atoms with van der Waals surface area (Å²) in [7, 11) is -1.31. The molecule has 0 saturated heterocycles. The van der Waals surface area contributed by atoms with Crippen LogP contribution in [0.3, 0.4) is 0 Å². The third-order valence-electron chi connectivity index (χ3n) is 3.84. The van der Waals surface area contributed by atoms with E-state index in [0.29, 0.717) is 0 Å². The molecule has 0 aromatic rings. The molecule has 22 heavy (non-hydrogen) atoms. The number of ether oxygens (including phenoxy) is 2. The molecule has 0 heterocycles. The second kappa shape index (κ2) is 16.3. The first-order valence-electron chi connectivity index (χ1n) is 9.40. The van der Waals surface area contributed by atoms with E-state index < -0.39 is 7.38 Å². The largest absolute Gasteiger partial charge is 0.382 e. The molecule has 0 aliphatic heterocycles. The molecule has 0 aliphatic carbocycles. The van der Waals surface area contributed by atoms with Crippen LogP contribution in [-0.4, -0.2) is 33.8 Å². The van der Waals surface area contributed by atoms with Gasteiger partial charge in [-0.2, -0.15) is 11.1 Å². The summed E-state index contributed by atoms with van der Waals surface area (Å²) in [6, 6.07) is 1.28. The van der Waals surface area contributed by atoms with Gasteiger partial charge in [0.05, 0.1) is 0 Å². The molecule has 2 nitrogen and oxygen atoms in total. The van der Waals surface area contributed by atoms with Gasteiger partial charge < -0.3 is 9.47 Å². The molecule has 0 aromatic carbocycles. The number of hydrogen-bond donors (Lipinski definition) is 0. The molecule has 0 fully saturated rings. The summed E-state index contributed by atoms with van der Waals surface area (Å²) < 4.78 is 10.9. The number of halogens is 1. The Morgan fingerprint density at radius 3 is 1.64 bits per heavy atom. The van der Waals surface area contributed by atoms with Crippen molar-refractivity contribution in [1.29, 1.82) is 0 Å². The van der Waals surface area contributed by atoms with E-state index in [9.17, 15) is 0 Å². The van der Waals surface area contributed by atoms with Crippen molar-refractivity contribution in [2.24, 2.45) is 0 Å². The third-order valence-corrected chi connectivity index (χ3v) is 5.95. The lowest BCUT2D eigenvalue weighted by Crippen LogP contribution is -2.14. The molecule has 0 atom stereocenters. The molecular formula is C18H39ClO2Si. The van der Waals surface area contributed by atoms with Crippen LogP contribution in [0.5, 0.6) is 0 Å². The van der Waals surface area contributed by atoms with Crippen LogP contribution in [0, 0.1) is 0 Å². The Morgan fingerprint density at radius 1 is 0.636 bits per heavy atom. The average Bonchev–Trinajstić information content (AvgIpc) is 2.45. The van der Waals surface area contributed by atoms with Gasteiger partial charge in [0.15, 0.2) is 0 Å². The highest BCUT2D eigenvalue weighted by Crippen LogP contribution is 2.19. The highest BCUT2D eigenvalue weighted by Gasteiger charge is 2.15.